The molecule has 2 aliphatic rings. The number of anilines is 1. The zero-order valence-corrected chi connectivity index (χ0v) is 14.4. The van der Waals surface area contributed by atoms with Crippen molar-refractivity contribution in [2.75, 3.05) is 4.90 Å². The van der Waals surface area contributed by atoms with Gasteiger partial charge in [0.25, 0.3) is 11.8 Å². The number of fused-ring (bicyclic) bond motifs is 1. The third kappa shape index (κ3) is 2.27. The summed E-state index contributed by atoms with van der Waals surface area (Å²) in [5.41, 5.74) is 6.40. The number of rotatable bonds is 2. The van der Waals surface area contributed by atoms with Gasteiger partial charge < -0.3 is 0 Å². The van der Waals surface area contributed by atoms with Gasteiger partial charge in [0.2, 0.25) is 0 Å². The Bertz CT molecular complexity index is 931. The van der Waals surface area contributed by atoms with E-state index in [1.807, 2.05) is 38.1 Å². The molecule has 2 aliphatic heterocycles. The molecule has 0 bridgehead atoms. The van der Waals surface area contributed by atoms with E-state index in [1.54, 1.807) is 18.2 Å². The zero-order valence-electron chi connectivity index (χ0n) is 13.7. The predicted octanol–water partition coefficient (Wildman–Crippen LogP) is 3.14. The molecule has 0 saturated carbocycles. The third-order valence-corrected chi connectivity index (χ3v) is 4.82. The van der Waals surface area contributed by atoms with Gasteiger partial charge in [0.1, 0.15) is 0 Å². The molecule has 0 radical (unpaired) electrons. The predicted molar refractivity (Wildman–Crippen MR) is 94.8 cm³/mol. The van der Waals surface area contributed by atoms with Crippen molar-refractivity contribution < 1.29 is 14.4 Å². The van der Waals surface area contributed by atoms with Crippen LogP contribution in [0.2, 0.25) is 5.02 Å². The van der Waals surface area contributed by atoms with Gasteiger partial charge in [-0.25, -0.2) is 4.90 Å². The molecule has 6 heteroatoms. The summed E-state index contributed by atoms with van der Waals surface area (Å²) in [5, 5.41) is 0.479. The smallest absolute Gasteiger partial charge is 0.270 e. The highest BCUT2D eigenvalue weighted by molar-refractivity contribution is 6.35. The monoisotopic (exact) mass is 354 g/mol. The van der Waals surface area contributed by atoms with E-state index < -0.39 is 12.0 Å². The zero-order chi connectivity index (χ0) is 17.7. The first kappa shape index (κ1) is 15.9. The minimum absolute atomic E-state index is 0.292. The molecule has 2 aromatic carbocycles. The van der Waals surface area contributed by atoms with Crippen molar-refractivity contribution in [3.05, 3.63) is 69.8 Å². The topological polar surface area (TPSA) is 58.6 Å². The Morgan fingerprint density at radius 1 is 1.04 bits per heavy atom. The summed E-state index contributed by atoms with van der Waals surface area (Å²) >= 11 is 6.24. The van der Waals surface area contributed by atoms with E-state index in [4.69, 9.17) is 16.4 Å². The number of para-hydroxylation sites is 1. The maximum atomic E-state index is 13.1. The second-order valence-corrected chi connectivity index (χ2v) is 6.49. The molecule has 1 fully saturated rings. The number of aryl methyl sites for hydroxylation is 2. The van der Waals surface area contributed by atoms with Crippen LogP contribution in [0, 0.1) is 13.8 Å². The molecule has 1 N–H and O–H groups in total. The molecule has 5 nitrogen and oxygen atoms in total. The Hall–Kier alpha value is -2.63. The third-order valence-electron chi connectivity index (χ3n) is 4.49. The van der Waals surface area contributed by atoms with E-state index in [2.05, 4.69) is 5.48 Å². The van der Waals surface area contributed by atoms with Gasteiger partial charge in [-0.2, -0.15) is 0 Å². The first-order chi connectivity index (χ1) is 12.0. The van der Waals surface area contributed by atoms with Crippen molar-refractivity contribution in [3.8, 4) is 0 Å². The van der Waals surface area contributed by atoms with Crippen LogP contribution in [0.3, 0.4) is 0 Å². The average molecular weight is 355 g/mol. The van der Waals surface area contributed by atoms with Crippen molar-refractivity contribution in [2.24, 2.45) is 0 Å². The summed E-state index contributed by atoms with van der Waals surface area (Å²) in [5.74, 6) is -0.778. The quantitative estimate of drug-likeness (QED) is 0.842. The van der Waals surface area contributed by atoms with E-state index in [9.17, 15) is 9.59 Å². The largest absolute Gasteiger partial charge is 0.270 e. The van der Waals surface area contributed by atoms with Gasteiger partial charge in [0.15, 0.2) is 6.10 Å². The highest BCUT2D eigenvalue weighted by atomic mass is 35.5. The van der Waals surface area contributed by atoms with Crippen LogP contribution in [0.1, 0.15) is 16.7 Å². The Balaban J connectivity index is 1.87. The molecule has 0 spiro atoms. The second kappa shape index (κ2) is 5.72. The maximum Gasteiger partial charge on any atom is 0.270 e. The van der Waals surface area contributed by atoms with E-state index in [-0.39, 0.29) is 5.91 Å². The van der Waals surface area contributed by atoms with E-state index in [1.165, 1.54) is 4.90 Å². The molecule has 2 amide bonds. The molecule has 2 heterocycles. The number of carbonyl (C=O) groups excluding carboxylic acids is 2. The molecular formula is C19H15ClN2O3. The number of amides is 2. The van der Waals surface area contributed by atoms with Gasteiger partial charge in [0, 0.05) is 10.6 Å². The fourth-order valence-corrected chi connectivity index (χ4v) is 3.56. The number of benzene rings is 2. The lowest BCUT2D eigenvalue weighted by Crippen LogP contribution is -2.35. The summed E-state index contributed by atoms with van der Waals surface area (Å²) in [6.45, 7) is 3.75. The molecule has 0 unspecified atom stereocenters. The van der Waals surface area contributed by atoms with Crippen molar-refractivity contribution >= 4 is 34.8 Å². The number of hydroxylamine groups is 1. The molecular weight excluding hydrogens is 340 g/mol. The molecule has 1 saturated heterocycles. The lowest BCUT2D eigenvalue weighted by Gasteiger charge is -2.20. The summed E-state index contributed by atoms with van der Waals surface area (Å²) in [7, 11) is 0. The first-order valence-electron chi connectivity index (χ1n) is 7.86. The number of hydrogen-bond acceptors (Lipinski definition) is 4. The Morgan fingerprint density at radius 3 is 2.40 bits per heavy atom. The van der Waals surface area contributed by atoms with Crippen LogP contribution in [0.25, 0.3) is 5.70 Å². The van der Waals surface area contributed by atoms with Crippen molar-refractivity contribution in [2.45, 2.75) is 20.0 Å². The van der Waals surface area contributed by atoms with Gasteiger partial charge in [-0.15, -0.1) is 0 Å². The Labute approximate surface area is 149 Å². The maximum absolute atomic E-state index is 13.1. The minimum atomic E-state index is -0.960. The van der Waals surface area contributed by atoms with Crippen molar-refractivity contribution in [1.82, 2.24) is 5.48 Å². The summed E-state index contributed by atoms with van der Waals surface area (Å²) in [6.07, 6.45) is -0.960. The highest BCUT2D eigenvalue weighted by Crippen LogP contribution is 2.39. The van der Waals surface area contributed by atoms with E-state index >= 15 is 0 Å². The molecule has 126 valence electrons. The van der Waals surface area contributed by atoms with Crippen molar-refractivity contribution in [1.29, 1.82) is 0 Å². The molecule has 0 aliphatic carbocycles. The number of halogens is 1. The van der Waals surface area contributed by atoms with Gasteiger partial charge in [-0.3, -0.25) is 19.9 Å². The van der Waals surface area contributed by atoms with Crippen LogP contribution in [0.4, 0.5) is 5.69 Å². The number of nitrogens with one attached hydrogen (secondary N) is 1. The number of imide groups is 1. The highest BCUT2D eigenvalue weighted by Gasteiger charge is 2.51. The summed E-state index contributed by atoms with van der Waals surface area (Å²) in [4.78, 5) is 32.5. The molecule has 1 atom stereocenters. The SMILES string of the molecule is Cc1cccc(C)c1N1C(=O)C2=C(c3ccccc3Cl)NO[C@@H]2C1=O. The van der Waals surface area contributed by atoms with Gasteiger partial charge in [-0.1, -0.05) is 48.0 Å². The van der Waals surface area contributed by atoms with Crippen LogP contribution in [-0.2, 0) is 14.4 Å². The number of nitrogens with zero attached hydrogens (tertiary/aromatic N) is 1. The Kier molecular flexibility index (Phi) is 3.63. The van der Waals surface area contributed by atoms with E-state index in [0.29, 0.717) is 27.5 Å². The molecule has 25 heavy (non-hydrogen) atoms. The molecule has 4 rings (SSSR count). The van der Waals surface area contributed by atoms with Crippen LogP contribution >= 0.6 is 11.6 Å². The van der Waals surface area contributed by atoms with Crippen LogP contribution < -0.4 is 10.4 Å². The standard InChI is InChI=1S/C19H15ClN2O3/c1-10-6-5-7-11(2)16(10)22-18(23)14-15(21-25-17(14)19(22)24)12-8-3-4-9-13(12)20/h3-9,17,21H,1-2H3/t17-/m0/s1. The Morgan fingerprint density at radius 2 is 1.72 bits per heavy atom. The minimum Gasteiger partial charge on any atom is -0.270 e. The normalized spacial score (nSPS) is 19.5. The molecule has 0 aromatic heterocycles. The molecule has 2 aromatic rings. The lowest BCUT2D eigenvalue weighted by molar-refractivity contribution is -0.127. The van der Waals surface area contributed by atoms with Gasteiger partial charge in [0.05, 0.1) is 17.0 Å². The van der Waals surface area contributed by atoms with Crippen LogP contribution in [0.5, 0.6) is 0 Å². The van der Waals surface area contributed by atoms with Crippen LogP contribution in [-0.4, -0.2) is 17.9 Å². The first-order valence-corrected chi connectivity index (χ1v) is 8.23. The lowest BCUT2D eigenvalue weighted by atomic mass is 10.0. The number of hydrogen-bond donors (Lipinski definition) is 1. The fraction of sp³-hybridized carbons (Fsp3) is 0.158. The average Bonchev–Trinajstić information content (AvgIpc) is 3.11. The second-order valence-electron chi connectivity index (χ2n) is 6.09. The van der Waals surface area contributed by atoms with Crippen molar-refractivity contribution in [3.63, 3.8) is 0 Å². The van der Waals surface area contributed by atoms with Crippen LogP contribution in [0.15, 0.2) is 48.0 Å². The van der Waals surface area contributed by atoms with Gasteiger partial charge >= 0.3 is 0 Å². The summed E-state index contributed by atoms with van der Waals surface area (Å²) in [6, 6.07) is 12.8. The van der Waals surface area contributed by atoms with Gasteiger partial charge in [-0.05, 0) is 31.0 Å². The fourth-order valence-electron chi connectivity index (χ4n) is 3.33. The summed E-state index contributed by atoms with van der Waals surface area (Å²) < 4.78 is 0. The number of carbonyl (C=O) groups is 2. The van der Waals surface area contributed by atoms with E-state index in [0.717, 1.165) is 11.1 Å².